The summed E-state index contributed by atoms with van der Waals surface area (Å²) >= 11 is 3.06. The second kappa shape index (κ2) is 8.06. The first kappa shape index (κ1) is 19.8. The van der Waals surface area contributed by atoms with Crippen LogP contribution >= 0.6 is 22.7 Å². The van der Waals surface area contributed by atoms with Crippen LogP contribution in [0.2, 0.25) is 0 Å². The number of nitrogens with zero attached hydrogens (tertiary/aromatic N) is 3. The molecule has 0 saturated carbocycles. The molecule has 1 atom stereocenters. The quantitative estimate of drug-likeness (QED) is 0.485. The molecular weight excluding hydrogens is 404 g/mol. The van der Waals surface area contributed by atoms with Crippen molar-refractivity contribution in [1.29, 1.82) is 0 Å². The Morgan fingerprint density at radius 2 is 2.10 bits per heavy atom. The van der Waals surface area contributed by atoms with Crippen LogP contribution in [-0.2, 0) is 0 Å². The normalized spacial score (nSPS) is 12.6. The second-order valence-corrected chi connectivity index (χ2v) is 8.87. The van der Waals surface area contributed by atoms with Crippen LogP contribution in [0.25, 0.3) is 21.8 Å². The van der Waals surface area contributed by atoms with E-state index in [2.05, 4.69) is 37.0 Å². The lowest BCUT2D eigenvalue weighted by Crippen LogP contribution is -2.34. The van der Waals surface area contributed by atoms with E-state index in [1.807, 2.05) is 40.1 Å². The number of carbonyl (C=O) groups is 1. The number of carbonyl (C=O) groups excluding carboxylic acids is 1. The number of aromatic nitrogens is 2. The van der Waals surface area contributed by atoms with Crippen molar-refractivity contribution in [3.05, 3.63) is 56.9 Å². The van der Waals surface area contributed by atoms with Crippen LogP contribution in [-0.4, -0.2) is 41.4 Å². The topological polar surface area (TPSA) is 71.3 Å². The van der Waals surface area contributed by atoms with E-state index in [1.165, 1.54) is 16.9 Å². The van der Waals surface area contributed by atoms with Gasteiger partial charge in [0.05, 0.1) is 22.9 Å². The molecule has 1 N–H and O–H groups in total. The third kappa shape index (κ3) is 3.83. The Bertz CT molecular complexity index is 1130. The molecule has 0 aromatic carbocycles. The fraction of sp³-hybridized carbons (Fsp3) is 0.286. The van der Waals surface area contributed by atoms with Gasteiger partial charge in [-0.15, -0.1) is 11.3 Å². The highest BCUT2D eigenvalue weighted by atomic mass is 32.1. The maximum Gasteiger partial charge on any atom is 0.261 e. The summed E-state index contributed by atoms with van der Waals surface area (Å²) in [6, 6.07) is 5.87. The van der Waals surface area contributed by atoms with E-state index in [4.69, 9.17) is 4.42 Å². The molecule has 4 heterocycles. The predicted octanol–water partition coefficient (Wildman–Crippen LogP) is 4.66. The van der Waals surface area contributed by atoms with Gasteiger partial charge >= 0.3 is 0 Å². The summed E-state index contributed by atoms with van der Waals surface area (Å²) in [6.45, 7) is 4.44. The first-order valence-corrected chi connectivity index (χ1v) is 11.0. The highest BCUT2D eigenvalue weighted by Crippen LogP contribution is 2.33. The van der Waals surface area contributed by atoms with Crippen molar-refractivity contribution in [2.45, 2.75) is 19.9 Å². The monoisotopic (exact) mass is 426 g/mol. The number of furan rings is 1. The van der Waals surface area contributed by atoms with Gasteiger partial charge in [-0.05, 0) is 68.0 Å². The van der Waals surface area contributed by atoms with Gasteiger partial charge in [0.2, 0.25) is 0 Å². The van der Waals surface area contributed by atoms with Gasteiger partial charge < -0.3 is 14.6 Å². The molecule has 150 valence electrons. The summed E-state index contributed by atoms with van der Waals surface area (Å²) in [4.78, 5) is 25.8. The van der Waals surface area contributed by atoms with Gasteiger partial charge in [-0.2, -0.15) is 11.3 Å². The fourth-order valence-electron chi connectivity index (χ4n) is 3.40. The van der Waals surface area contributed by atoms with Gasteiger partial charge in [0.15, 0.2) is 11.6 Å². The van der Waals surface area contributed by atoms with Crippen molar-refractivity contribution in [3.63, 3.8) is 0 Å². The standard InChI is InChI=1S/C21H22N4O2S2/c1-12-17-13(2)23-19(16-6-5-8-27-16)24-21(17)29-18(12)20(26)22-10-15(25(3)4)14-7-9-28-11-14/h5-9,11,15H,10H2,1-4H3,(H,22,26). The summed E-state index contributed by atoms with van der Waals surface area (Å²) in [6.07, 6.45) is 1.60. The average molecular weight is 427 g/mol. The van der Waals surface area contributed by atoms with Crippen molar-refractivity contribution in [1.82, 2.24) is 20.2 Å². The van der Waals surface area contributed by atoms with Crippen molar-refractivity contribution >= 4 is 38.8 Å². The number of hydrogen-bond donors (Lipinski definition) is 1. The van der Waals surface area contributed by atoms with Crippen LogP contribution in [0.5, 0.6) is 0 Å². The van der Waals surface area contributed by atoms with Crippen molar-refractivity contribution in [2.24, 2.45) is 0 Å². The van der Waals surface area contributed by atoms with Gasteiger partial charge in [0.1, 0.15) is 4.83 Å². The number of rotatable bonds is 6. The second-order valence-electron chi connectivity index (χ2n) is 7.09. The Balaban J connectivity index is 1.61. The van der Waals surface area contributed by atoms with E-state index in [0.29, 0.717) is 23.0 Å². The smallest absolute Gasteiger partial charge is 0.261 e. The van der Waals surface area contributed by atoms with Gasteiger partial charge in [0.25, 0.3) is 5.91 Å². The van der Waals surface area contributed by atoms with Crippen LogP contribution in [0.3, 0.4) is 0 Å². The molecule has 0 aliphatic carbocycles. The Morgan fingerprint density at radius 3 is 2.76 bits per heavy atom. The lowest BCUT2D eigenvalue weighted by molar-refractivity contribution is 0.0945. The molecular formula is C21H22N4O2S2. The van der Waals surface area contributed by atoms with E-state index in [-0.39, 0.29) is 11.9 Å². The van der Waals surface area contributed by atoms with Gasteiger partial charge in [-0.1, -0.05) is 0 Å². The Labute approximate surface area is 177 Å². The summed E-state index contributed by atoms with van der Waals surface area (Å²) < 4.78 is 5.43. The Hall–Kier alpha value is -2.55. The first-order chi connectivity index (χ1) is 14.0. The van der Waals surface area contributed by atoms with Gasteiger partial charge in [-0.25, -0.2) is 9.97 Å². The average Bonchev–Trinajstić information content (AvgIpc) is 3.43. The van der Waals surface area contributed by atoms with Crippen molar-refractivity contribution in [3.8, 4) is 11.6 Å². The Morgan fingerprint density at radius 1 is 1.28 bits per heavy atom. The number of amides is 1. The number of likely N-dealkylation sites (N-methyl/N-ethyl adjacent to an activating group) is 1. The molecule has 29 heavy (non-hydrogen) atoms. The number of nitrogens with one attached hydrogen (secondary N) is 1. The molecule has 0 aliphatic heterocycles. The zero-order valence-corrected chi connectivity index (χ0v) is 18.4. The summed E-state index contributed by atoms with van der Waals surface area (Å²) in [5.41, 5.74) is 2.97. The van der Waals surface area contributed by atoms with E-state index < -0.39 is 0 Å². The Kier molecular flexibility index (Phi) is 5.49. The van der Waals surface area contributed by atoms with E-state index >= 15 is 0 Å². The molecule has 0 spiro atoms. The van der Waals surface area contributed by atoms with Crippen LogP contribution in [0, 0.1) is 13.8 Å². The molecule has 0 fully saturated rings. The zero-order valence-electron chi connectivity index (χ0n) is 16.7. The molecule has 0 saturated heterocycles. The van der Waals surface area contributed by atoms with E-state index in [1.54, 1.807) is 17.6 Å². The highest BCUT2D eigenvalue weighted by Gasteiger charge is 2.22. The molecule has 4 rings (SSSR count). The minimum absolute atomic E-state index is 0.0773. The van der Waals surface area contributed by atoms with E-state index in [0.717, 1.165) is 21.5 Å². The maximum absolute atomic E-state index is 13.0. The largest absolute Gasteiger partial charge is 0.461 e. The maximum atomic E-state index is 13.0. The first-order valence-electron chi connectivity index (χ1n) is 9.24. The molecule has 0 aliphatic rings. The minimum Gasteiger partial charge on any atom is -0.461 e. The lowest BCUT2D eigenvalue weighted by Gasteiger charge is -2.23. The molecule has 4 aromatic heterocycles. The van der Waals surface area contributed by atoms with Crippen molar-refractivity contribution < 1.29 is 9.21 Å². The molecule has 6 nitrogen and oxygen atoms in total. The minimum atomic E-state index is -0.0773. The molecule has 1 amide bonds. The summed E-state index contributed by atoms with van der Waals surface area (Å²) in [5.74, 6) is 1.08. The van der Waals surface area contributed by atoms with Crippen LogP contribution in [0.4, 0.5) is 0 Å². The predicted molar refractivity (Wildman–Crippen MR) is 118 cm³/mol. The van der Waals surface area contributed by atoms with E-state index in [9.17, 15) is 4.79 Å². The lowest BCUT2D eigenvalue weighted by atomic mass is 10.1. The van der Waals surface area contributed by atoms with Gasteiger partial charge in [0, 0.05) is 11.9 Å². The summed E-state index contributed by atoms with van der Waals surface area (Å²) in [7, 11) is 4.04. The number of aryl methyl sites for hydroxylation is 2. The molecule has 8 heteroatoms. The SMILES string of the molecule is Cc1nc(-c2ccco2)nc2sc(C(=O)NCC(c3ccsc3)N(C)C)c(C)c12. The van der Waals surface area contributed by atoms with Crippen LogP contribution in [0.1, 0.15) is 32.5 Å². The molecule has 1 unspecified atom stereocenters. The summed E-state index contributed by atoms with van der Waals surface area (Å²) in [5, 5.41) is 8.22. The van der Waals surface area contributed by atoms with Crippen LogP contribution in [0.15, 0.2) is 39.6 Å². The zero-order chi connectivity index (χ0) is 20.5. The number of thiophene rings is 2. The molecule has 4 aromatic rings. The number of hydrogen-bond acceptors (Lipinski definition) is 7. The number of fused-ring (bicyclic) bond motifs is 1. The third-order valence-electron chi connectivity index (χ3n) is 4.93. The van der Waals surface area contributed by atoms with Crippen LogP contribution < -0.4 is 5.32 Å². The van der Waals surface area contributed by atoms with Crippen molar-refractivity contribution in [2.75, 3.05) is 20.6 Å². The fourth-order valence-corrected chi connectivity index (χ4v) is 5.26. The molecule has 0 bridgehead atoms. The third-order valence-corrected chi connectivity index (χ3v) is 6.81. The molecule has 0 radical (unpaired) electrons. The highest BCUT2D eigenvalue weighted by molar-refractivity contribution is 7.20. The van der Waals surface area contributed by atoms with Gasteiger partial charge in [-0.3, -0.25) is 4.79 Å².